The fourth-order valence-corrected chi connectivity index (χ4v) is 5.65. The zero-order valence-corrected chi connectivity index (χ0v) is 21.9. The van der Waals surface area contributed by atoms with E-state index in [1.807, 2.05) is 6.07 Å². The van der Waals surface area contributed by atoms with Gasteiger partial charge in [0.2, 0.25) is 0 Å². The lowest BCUT2D eigenvalue weighted by Gasteiger charge is -2.19. The number of hydrogen-bond acceptors (Lipinski definition) is 3. The average Bonchev–Trinajstić information content (AvgIpc) is 3.50. The van der Waals surface area contributed by atoms with Crippen molar-refractivity contribution in [2.24, 2.45) is 0 Å². The second-order valence-corrected chi connectivity index (χ2v) is 10.2. The molecule has 0 atom stereocenters. The lowest BCUT2D eigenvalue weighted by atomic mass is 9.91. The standard InChI is InChI=1S/C35H35NO2/c1-2-10-27(11-3-1)25-38-35-19-18-29-13-5-7-15-32(29)34(35)24-33-30(17-16-28-12-4-6-14-31(28)33)26-37-23-22-36-20-8-9-21-36/h1-7,10-19H,8-9,20-26H2. The van der Waals surface area contributed by atoms with E-state index in [1.165, 1.54) is 69.7 Å². The molecule has 0 saturated carbocycles. The Bertz CT molecular complexity index is 1510. The minimum Gasteiger partial charge on any atom is -0.489 e. The highest BCUT2D eigenvalue weighted by molar-refractivity contribution is 5.91. The molecule has 1 aliphatic heterocycles. The maximum absolute atomic E-state index is 6.47. The topological polar surface area (TPSA) is 21.7 Å². The summed E-state index contributed by atoms with van der Waals surface area (Å²) in [6, 6.07) is 36.5. The van der Waals surface area contributed by atoms with Gasteiger partial charge in [0.05, 0.1) is 13.2 Å². The molecule has 3 heteroatoms. The van der Waals surface area contributed by atoms with Crippen molar-refractivity contribution in [3.05, 3.63) is 125 Å². The normalized spacial score (nSPS) is 13.9. The van der Waals surface area contributed by atoms with E-state index in [-0.39, 0.29) is 0 Å². The summed E-state index contributed by atoms with van der Waals surface area (Å²) in [5, 5.41) is 5.02. The molecule has 6 rings (SSSR count). The van der Waals surface area contributed by atoms with Crippen LogP contribution in [-0.4, -0.2) is 31.1 Å². The van der Waals surface area contributed by atoms with Gasteiger partial charge in [-0.05, 0) is 70.2 Å². The minimum atomic E-state index is 0.550. The first-order valence-electron chi connectivity index (χ1n) is 13.8. The molecule has 5 aromatic carbocycles. The molecule has 0 amide bonds. The third-order valence-corrected chi connectivity index (χ3v) is 7.73. The Labute approximate surface area is 225 Å². The lowest BCUT2D eigenvalue weighted by molar-refractivity contribution is 0.0989. The molecule has 3 nitrogen and oxygen atoms in total. The number of likely N-dealkylation sites (tertiary alicyclic amines) is 1. The Morgan fingerprint density at radius 3 is 2.03 bits per heavy atom. The van der Waals surface area contributed by atoms with E-state index in [0.717, 1.165) is 25.3 Å². The summed E-state index contributed by atoms with van der Waals surface area (Å²) in [4.78, 5) is 2.51. The molecule has 192 valence electrons. The van der Waals surface area contributed by atoms with Crippen molar-refractivity contribution in [3.8, 4) is 5.75 Å². The van der Waals surface area contributed by atoms with Crippen LogP contribution in [0.1, 0.15) is 35.1 Å². The van der Waals surface area contributed by atoms with Crippen LogP contribution in [0.15, 0.2) is 103 Å². The van der Waals surface area contributed by atoms with E-state index in [9.17, 15) is 0 Å². The molecule has 1 heterocycles. The van der Waals surface area contributed by atoms with Gasteiger partial charge in [-0.1, -0.05) is 97.1 Å². The molecule has 0 spiro atoms. The van der Waals surface area contributed by atoms with E-state index in [4.69, 9.17) is 9.47 Å². The van der Waals surface area contributed by atoms with Crippen molar-refractivity contribution in [1.29, 1.82) is 0 Å². The van der Waals surface area contributed by atoms with Gasteiger partial charge in [0.25, 0.3) is 0 Å². The van der Waals surface area contributed by atoms with E-state index < -0.39 is 0 Å². The summed E-state index contributed by atoms with van der Waals surface area (Å²) in [7, 11) is 0. The Balaban J connectivity index is 1.33. The Morgan fingerprint density at radius 2 is 1.26 bits per heavy atom. The predicted octanol–water partition coefficient (Wildman–Crippen LogP) is 7.78. The fraction of sp³-hybridized carbons (Fsp3) is 0.257. The molecule has 5 aromatic rings. The van der Waals surface area contributed by atoms with Crippen LogP contribution in [0.5, 0.6) is 5.75 Å². The van der Waals surface area contributed by atoms with Crippen molar-refractivity contribution < 1.29 is 9.47 Å². The summed E-state index contributed by atoms with van der Waals surface area (Å²) >= 11 is 0. The molecular formula is C35H35NO2. The van der Waals surface area contributed by atoms with Gasteiger partial charge in [0, 0.05) is 18.5 Å². The minimum absolute atomic E-state index is 0.550. The van der Waals surface area contributed by atoms with Crippen LogP contribution in [0.4, 0.5) is 0 Å². The maximum Gasteiger partial charge on any atom is 0.123 e. The number of rotatable bonds is 10. The smallest absolute Gasteiger partial charge is 0.123 e. The van der Waals surface area contributed by atoms with Gasteiger partial charge in [-0.2, -0.15) is 0 Å². The predicted molar refractivity (Wildman–Crippen MR) is 157 cm³/mol. The van der Waals surface area contributed by atoms with Gasteiger partial charge in [-0.15, -0.1) is 0 Å². The molecule has 0 aliphatic carbocycles. The summed E-state index contributed by atoms with van der Waals surface area (Å²) < 4.78 is 12.7. The second-order valence-electron chi connectivity index (χ2n) is 10.2. The van der Waals surface area contributed by atoms with Crippen LogP contribution in [0, 0.1) is 0 Å². The quantitative estimate of drug-likeness (QED) is 0.182. The first-order chi connectivity index (χ1) is 18.8. The van der Waals surface area contributed by atoms with Crippen molar-refractivity contribution in [2.75, 3.05) is 26.2 Å². The first-order valence-corrected chi connectivity index (χ1v) is 13.8. The van der Waals surface area contributed by atoms with Gasteiger partial charge in [-0.3, -0.25) is 0 Å². The van der Waals surface area contributed by atoms with Gasteiger partial charge in [0.1, 0.15) is 12.4 Å². The average molecular weight is 502 g/mol. The van der Waals surface area contributed by atoms with Crippen LogP contribution in [0.25, 0.3) is 21.5 Å². The van der Waals surface area contributed by atoms with Crippen molar-refractivity contribution in [3.63, 3.8) is 0 Å². The van der Waals surface area contributed by atoms with Crippen molar-refractivity contribution >= 4 is 21.5 Å². The molecule has 0 N–H and O–H groups in total. The van der Waals surface area contributed by atoms with Gasteiger partial charge in [-0.25, -0.2) is 0 Å². The summed E-state index contributed by atoms with van der Waals surface area (Å²) in [6.45, 7) is 5.37. The maximum atomic E-state index is 6.47. The molecule has 0 bridgehead atoms. The molecule has 0 aromatic heterocycles. The highest BCUT2D eigenvalue weighted by Crippen LogP contribution is 2.34. The Morgan fingerprint density at radius 1 is 0.605 bits per heavy atom. The van der Waals surface area contributed by atoms with Crippen LogP contribution in [0.3, 0.4) is 0 Å². The van der Waals surface area contributed by atoms with E-state index in [0.29, 0.717) is 13.2 Å². The second kappa shape index (κ2) is 11.8. The number of nitrogens with zero attached hydrogens (tertiary/aromatic N) is 1. The Hall–Kier alpha value is -3.66. The van der Waals surface area contributed by atoms with E-state index in [2.05, 4.69) is 102 Å². The highest BCUT2D eigenvalue weighted by atomic mass is 16.5. The van der Waals surface area contributed by atoms with Crippen LogP contribution >= 0.6 is 0 Å². The van der Waals surface area contributed by atoms with E-state index >= 15 is 0 Å². The van der Waals surface area contributed by atoms with Crippen molar-refractivity contribution in [1.82, 2.24) is 4.90 Å². The largest absolute Gasteiger partial charge is 0.489 e. The molecule has 0 radical (unpaired) electrons. The summed E-state index contributed by atoms with van der Waals surface area (Å²) in [5.41, 5.74) is 4.98. The molecule has 1 saturated heterocycles. The van der Waals surface area contributed by atoms with Gasteiger partial charge in [0.15, 0.2) is 0 Å². The number of hydrogen-bond donors (Lipinski definition) is 0. The molecular weight excluding hydrogens is 466 g/mol. The molecule has 1 aliphatic rings. The summed E-state index contributed by atoms with van der Waals surface area (Å²) in [6.07, 6.45) is 3.42. The lowest BCUT2D eigenvalue weighted by Crippen LogP contribution is -2.24. The molecule has 0 unspecified atom stereocenters. The first kappa shape index (κ1) is 24.7. The number of benzene rings is 5. The van der Waals surface area contributed by atoms with Gasteiger partial charge < -0.3 is 14.4 Å². The fourth-order valence-electron chi connectivity index (χ4n) is 5.65. The van der Waals surface area contributed by atoms with Crippen LogP contribution in [-0.2, 0) is 24.4 Å². The van der Waals surface area contributed by atoms with Crippen LogP contribution < -0.4 is 4.74 Å². The SMILES string of the molecule is c1ccc(COc2ccc3ccccc3c2Cc2c(COCCN3CCCC3)ccc3ccccc23)cc1. The molecule has 38 heavy (non-hydrogen) atoms. The number of ether oxygens (including phenoxy) is 2. The van der Waals surface area contributed by atoms with Gasteiger partial charge >= 0.3 is 0 Å². The third-order valence-electron chi connectivity index (χ3n) is 7.73. The zero-order valence-electron chi connectivity index (χ0n) is 21.9. The number of fused-ring (bicyclic) bond motifs is 2. The zero-order chi connectivity index (χ0) is 25.6. The van der Waals surface area contributed by atoms with Crippen molar-refractivity contribution in [2.45, 2.75) is 32.5 Å². The van der Waals surface area contributed by atoms with Crippen LogP contribution in [0.2, 0.25) is 0 Å². The Kier molecular flexibility index (Phi) is 7.66. The molecule has 1 fully saturated rings. The highest BCUT2D eigenvalue weighted by Gasteiger charge is 2.16. The van der Waals surface area contributed by atoms with E-state index in [1.54, 1.807) is 0 Å². The third kappa shape index (κ3) is 5.60. The monoisotopic (exact) mass is 501 g/mol. The summed E-state index contributed by atoms with van der Waals surface area (Å²) in [5.74, 6) is 0.946.